The molecule has 146 valence electrons. The zero-order valence-electron chi connectivity index (χ0n) is 14.3. The van der Waals surface area contributed by atoms with E-state index in [0.29, 0.717) is 11.0 Å². The molecule has 0 saturated heterocycles. The maximum absolute atomic E-state index is 14.3. The zero-order chi connectivity index (χ0) is 20.7. The molecular weight excluding hydrogens is 424 g/mol. The first-order valence-electron chi connectivity index (χ1n) is 8.15. The molecule has 0 spiro atoms. The molecule has 0 unspecified atom stereocenters. The predicted molar refractivity (Wildman–Crippen MR) is 106 cm³/mol. The number of carbonyl (C=O) groups excluding carboxylic acids is 1. The quantitative estimate of drug-likeness (QED) is 0.384. The first-order valence-corrected chi connectivity index (χ1v) is 9.41. The van der Waals surface area contributed by atoms with Gasteiger partial charge in [-0.05, 0) is 24.3 Å². The van der Waals surface area contributed by atoms with E-state index in [1.54, 1.807) is 24.3 Å². The third-order valence-electron chi connectivity index (χ3n) is 4.18. The van der Waals surface area contributed by atoms with Gasteiger partial charge in [-0.2, -0.15) is 0 Å². The molecule has 9 heteroatoms. The molecule has 4 aromatic rings. The smallest absolute Gasteiger partial charge is 0.339 e. The number of nitrogens with one attached hydrogen (secondary N) is 1. The van der Waals surface area contributed by atoms with E-state index in [-0.39, 0.29) is 27.5 Å². The first-order chi connectivity index (χ1) is 13.9. The van der Waals surface area contributed by atoms with Gasteiger partial charge in [0.25, 0.3) is 5.91 Å². The number of rotatable bonds is 4. The molecule has 0 aliphatic carbocycles. The van der Waals surface area contributed by atoms with Gasteiger partial charge in [-0.15, -0.1) is 11.3 Å². The molecule has 2 heterocycles. The van der Waals surface area contributed by atoms with Crippen LogP contribution in [0.4, 0.5) is 14.5 Å². The molecule has 4 rings (SSSR count). The molecule has 29 heavy (non-hydrogen) atoms. The largest absolute Gasteiger partial charge is 0.478 e. The van der Waals surface area contributed by atoms with Crippen LogP contribution < -0.4 is 5.32 Å². The van der Waals surface area contributed by atoms with Crippen molar-refractivity contribution in [2.45, 2.75) is 0 Å². The van der Waals surface area contributed by atoms with E-state index in [4.69, 9.17) is 16.0 Å². The number of hydrogen-bond donors (Lipinski definition) is 2. The molecule has 2 aromatic heterocycles. The monoisotopic (exact) mass is 433 g/mol. The fourth-order valence-electron chi connectivity index (χ4n) is 2.84. The normalized spacial score (nSPS) is 11.0. The average molecular weight is 434 g/mol. The van der Waals surface area contributed by atoms with Gasteiger partial charge >= 0.3 is 5.97 Å². The number of benzene rings is 2. The summed E-state index contributed by atoms with van der Waals surface area (Å²) in [5.74, 6) is -4.63. The Morgan fingerprint density at radius 3 is 2.59 bits per heavy atom. The van der Waals surface area contributed by atoms with Crippen LogP contribution in [0.1, 0.15) is 20.9 Å². The predicted octanol–water partition coefficient (Wildman–Crippen LogP) is 6.04. The van der Waals surface area contributed by atoms with Gasteiger partial charge < -0.3 is 14.8 Å². The number of para-hydroxylation sites is 1. The standard InChI is InChI=1S/C20H10ClF2NO4S/c21-11-6-5-10(16(22)17(11)23)18-15(20(26)27)12(8-29-18)24-19(25)14-7-9-3-1-2-4-13(9)28-14/h1-8H,(H,24,25)(H,26,27). The Kier molecular flexibility index (Phi) is 4.81. The molecule has 0 aliphatic rings. The van der Waals surface area contributed by atoms with E-state index in [1.165, 1.54) is 17.5 Å². The van der Waals surface area contributed by atoms with Gasteiger partial charge in [0.2, 0.25) is 0 Å². The lowest BCUT2D eigenvalue weighted by Crippen LogP contribution is -2.13. The van der Waals surface area contributed by atoms with Gasteiger partial charge in [-0.1, -0.05) is 29.8 Å². The van der Waals surface area contributed by atoms with Crippen molar-refractivity contribution in [3.63, 3.8) is 0 Å². The Hall–Kier alpha value is -3.23. The number of carbonyl (C=O) groups is 2. The minimum absolute atomic E-state index is 0.0148. The van der Waals surface area contributed by atoms with E-state index in [1.807, 2.05) is 0 Å². The van der Waals surface area contributed by atoms with Crippen molar-refractivity contribution in [3.05, 3.63) is 75.8 Å². The van der Waals surface area contributed by atoms with E-state index in [2.05, 4.69) is 5.32 Å². The number of thiophene rings is 1. The summed E-state index contributed by atoms with van der Waals surface area (Å²) in [5.41, 5.74) is -0.183. The Balaban J connectivity index is 1.73. The van der Waals surface area contributed by atoms with E-state index >= 15 is 0 Å². The summed E-state index contributed by atoms with van der Waals surface area (Å²) < 4.78 is 33.6. The van der Waals surface area contributed by atoms with Crippen LogP contribution in [0.2, 0.25) is 5.02 Å². The van der Waals surface area contributed by atoms with Gasteiger partial charge in [0.15, 0.2) is 17.4 Å². The summed E-state index contributed by atoms with van der Waals surface area (Å²) in [6.45, 7) is 0. The second-order valence-corrected chi connectivity index (χ2v) is 7.27. The van der Waals surface area contributed by atoms with Crippen molar-refractivity contribution in [2.24, 2.45) is 0 Å². The third kappa shape index (κ3) is 3.37. The number of aromatic carboxylic acids is 1. The Morgan fingerprint density at radius 1 is 1.10 bits per heavy atom. The second-order valence-electron chi connectivity index (χ2n) is 5.98. The average Bonchev–Trinajstić information content (AvgIpc) is 3.30. The van der Waals surface area contributed by atoms with Crippen LogP contribution in [0, 0.1) is 11.6 Å². The lowest BCUT2D eigenvalue weighted by Gasteiger charge is -2.07. The van der Waals surface area contributed by atoms with Crippen molar-refractivity contribution >= 4 is 51.5 Å². The highest BCUT2D eigenvalue weighted by molar-refractivity contribution is 7.14. The summed E-state index contributed by atoms with van der Waals surface area (Å²) in [6, 6.07) is 10.8. The second kappa shape index (κ2) is 7.31. The summed E-state index contributed by atoms with van der Waals surface area (Å²) in [5, 5.41) is 13.7. The van der Waals surface area contributed by atoms with Crippen LogP contribution in [0.5, 0.6) is 0 Å². The van der Waals surface area contributed by atoms with E-state index in [9.17, 15) is 23.5 Å². The molecule has 1 amide bonds. The molecule has 0 fully saturated rings. The number of amides is 1. The molecule has 0 saturated carbocycles. The molecule has 2 aromatic carbocycles. The molecule has 0 radical (unpaired) electrons. The van der Waals surface area contributed by atoms with Crippen molar-refractivity contribution in [2.75, 3.05) is 5.32 Å². The Bertz CT molecular complexity index is 1250. The Labute approximate surface area is 171 Å². The molecule has 0 atom stereocenters. The van der Waals surface area contributed by atoms with Gasteiger partial charge in [-0.25, -0.2) is 13.6 Å². The number of carboxylic acids is 1. The number of carboxylic acid groups (broad SMARTS) is 1. The molecule has 2 N–H and O–H groups in total. The molecular formula is C20H10ClF2NO4S. The van der Waals surface area contributed by atoms with Crippen LogP contribution in [0.25, 0.3) is 21.4 Å². The number of hydrogen-bond acceptors (Lipinski definition) is 4. The third-order valence-corrected chi connectivity index (χ3v) is 5.49. The number of halogens is 3. The maximum atomic E-state index is 14.3. The number of furan rings is 1. The van der Waals surface area contributed by atoms with Crippen LogP contribution in [-0.4, -0.2) is 17.0 Å². The summed E-state index contributed by atoms with van der Waals surface area (Å²) in [7, 11) is 0. The zero-order valence-corrected chi connectivity index (χ0v) is 15.9. The lowest BCUT2D eigenvalue weighted by atomic mass is 10.1. The highest BCUT2D eigenvalue weighted by Gasteiger charge is 2.25. The molecule has 0 bridgehead atoms. The van der Waals surface area contributed by atoms with Crippen LogP contribution in [-0.2, 0) is 0 Å². The minimum Gasteiger partial charge on any atom is -0.478 e. The Morgan fingerprint density at radius 2 is 1.86 bits per heavy atom. The summed E-state index contributed by atoms with van der Waals surface area (Å²) >= 11 is 6.41. The number of fused-ring (bicyclic) bond motifs is 1. The van der Waals surface area contributed by atoms with Gasteiger partial charge in [-0.3, -0.25) is 4.79 Å². The van der Waals surface area contributed by atoms with Gasteiger partial charge in [0.05, 0.1) is 15.6 Å². The maximum Gasteiger partial charge on any atom is 0.339 e. The van der Waals surface area contributed by atoms with Crippen molar-refractivity contribution in [1.29, 1.82) is 0 Å². The minimum atomic E-state index is -1.41. The first kappa shape index (κ1) is 19.1. The highest BCUT2D eigenvalue weighted by Crippen LogP contribution is 2.39. The lowest BCUT2D eigenvalue weighted by molar-refractivity contribution is 0.0699. The van der Waals surface area contributed by atoms with Crippen LogP contribution >= 0.6 is 22.9 Å². The van der Waals surface area contributed by atoms with Gasteiger partial charge in [0.1, 0.15) is 11.1 Å². The number of anilines is 1. The van der Waals surface area contributed by atoms with Crippen molar-refractivity contribution in [1.82, 2.24) is 0 Å². The van der Waals surface area contributed by atoms with Gasteiger partial charge in [0, 0.05) is 16.3 Å². The van der Waals surface area contributed by atoms with Crippen LogP contribution in [0.15, 0.2) is 52.3 Å². The molecule has 5 nitrogen and oxygen atoms in total. The fraction of sp³-hybridized carbons (Fsp3) is 0. The molecule has 0 aliphatic heterocycles. The topological polar surface area (TPSA) is 79.5 Å². The van der Waals surface area contributed by atoms with Crippen LogP contribution in [0.3, 0.4) is 0 Å². The highest BCUT2D eigenvalue weighted by atomic mass is 35.5. The van der Waals surface area contributed by atoms with Crippen molar-refractivity contribution in [3.8, 4) is 10.4 Å². The SMILES string of the molecule is O=C(Nc1csc(-c2ccc(Cl)c(F)c2F)c1C(=O)O)c1cc2ccccc2o1. The van der Waals surface area contributed by atoms with E-state index < -0.39 is 28.5 Å². The summed E-state index contributed by atoms with van der Waals surface area (Å²) in [6.07, 6.45) is 0. The summed E-state index contributed by atoms with van der Waals surface area (Å²) in [4.78, 5) is 24.3. The van der Waals surface area contributed by atoms with E-state index in [0.717, 1.165) is 17.4 Å². The fourth-order valence-corrected chi connectivity index (χ4v) is 4.00. The van der Waals surface area contributed by atoms with Crippen molar-refractivity contribution < 1.29 is 27.9 Å².